The van der Waals surface area contributed by atoms with Crippen molar-refractivity contribution in [1.82, 2.24) is 4.90 Å². The largest absolute Gasteiger partial charge is 0.357 e. The van der Waals surface area contributed by atoms with Crippen LogP contribution in [0.2, 0.25) is 0 Å². The average molecular weight is 528 g/mol. The maximum Gasteiger partial charge on any atom is 0.232 e. The standard InChI is InChI=1S/C37H37NO2/c1-5-24-38(35(39)36(2,3)4)27-34-29-22-21-28(26-29)33(34)23-25-40-37(30-15-9-6-10-16-30,31-17-11-7-12-18-31)32-19-13-8-14-20-32/h1,6-23,27-29H,24-26H2,2-4H3/b33-23+,34-27+/t28-,29+/m1/s1. The first-order valence-corrected chi connectivity index (χ1v) is 14.0. The number of fused-ring (bicyclic) bond motifs is 2. The van der Waals surface area contributed by atoms with Crippen LogP contribution in [0.15, 0.2) is 127 Å². The second-order valence-corrected chi connectivity index (χ2v) is 11.6. The highest BCUT2D eigenvalue weighted by atomic mass is 16.5. The molecule has 202 valence electrons. The molecule has 3 heteroatoms. The third-order valence-corrected chi connectivity index (χ3v) is 7.82. The second-order valence-electron chi connectivity index (χ2n) is 11.6. The molecule has 2 aliphatic rings. The van der Waals surface area contributed by atoms with Crippen molar-refractivity contribution in [2.24, 2.45) is 17.3 Å². The van der Waals surface area contributed by atoms with E-state index in [1.54, 1.807) is 4.90 Å². The molecule has 3 aromatic carbocycles. The van der Waals surface area contributed by atoms with E-state index in [9.17, 15) is 4.79 Å². The topological polar surface area (TPSA) is 29.5 Å². The van der Waals surface area contributed by atoms with Gasteiger partial charge in [-0.3, -0.25) is 4.79 Å². The molecule has 1 fully saturated rings. The molecule has 1 amide bonds. The van der Waals surface area contributed by atoms with Gasteiger partial charge in [0.05, 0.1) is 13.2 Å². The minimum atomic E-state index is -0.782. The van der Waals surface area contributed by atoms with Crippen molar-refractivity contribution in [2.75, 3.05) is 13.2 Å². The second kappa shape index (κ2) is 11.5. The maximum absolute atomic E-state index is 13.2. The number of hydrogen-bond acceptors (Lipinski definition) is 2. The van der Waals surface area contributed by atoms with Crippen LogP contribution in [-0.4, -0.2) is 24.0 Å². The van der Waals surface area contributed by atoms with Crippen molar-refractivity contribution in [1.29, 1.82) is 0 Å². The fraction of sp³-hybridized carbons (Fsp3) is 0.270. The Hall–Kier alpha value is -4.13. The van der Waals surface area contributed by atoms with Crippen LogP contribution in [0.1, 0.15) is 43.9 Å². The summed E-state index contributed by atoms with van der Waals surface area (Å²) in [6, 6.07) is 31.3. The fourth-order valence-electron chi connectivity index (χ4n) is 5.93. The molecule has 0 spiro atoms. The monoisotopic (exact) mass is 527 g/mol. The van der Waals surface area contributed by atoms with E-state index in [4.69, 9.17) is 11.2 Å². The van der Waals surface area contributed by atoms with Gasteiger partial charge < -0.3 is 9.64 Å². The lowest BCUT2D eigenvalue weighted by Crippen LogP contribution is -2.36. The number of ether oxygens (including phenoxy) is 1. The summed E-state index contributed by atoms with van der Waals surface area (Å²) in [5.41, 5.74) is 4.30. The van der Waals surface area contributed by atoms with Crippen molar-refractivity contribution in [3.8, 4) is 12.3 Å². The molecule has 0 saturated heterocycles. The first-order chi connectivity index (χ1) is 19.3. The molecule has 2 aliphatic carbocycles. The first-order valence-electron chi connectivity index (χ1n) is 14.0. The zero-order valence-electron chi connectivity index (χ0n) is 23.6. The Morgan fingerprint density at radius 2 is 1.32 bits per heavy atom. The van der Waals surface area contributed by atoms with Gasteiger partial charge in [-0.15, -0.1) is 6.42 Å². The molecule has 40 heavy (non-hydrogen) atoms. The molecule has 2 atom stereocenters. The van der Waals surface area contributed by atoms with Crippen LogP contribution in [0.25, 0.3) is 0 Å². The van der Waals surface area contributed by atoms with Gasteiger partial charge in [-0.1, -0.05) is 136 Å². The third-order valence-electron chi connectivity index (χ3n) is 7.82. The normalized spacial score (nSPS) is 20.1. The molecule has 3 nitrogen and oxygen atoms in total. The highest BCUT2D eigenvalue weighted by molar-refractivity contribution is 5.83. The molecular formula is C37H37NO2. The fourth-order valence-corrected chi connectivity index (χ4v) is 5.93. The van der Waals surface area contributed by atoms with Crippen molar-refractivity contribution in [2.45, 2.75) is 32.8 Å². The molecule has 0 aromatic heterocycles. The van der Waals surface area contributed by atoms with Crippen LogP contribution >= 0.6 is 0 Å². The molecule has 3 aromatic rings. The van der Waals surface area contributed by atoms with Crippen LogP contribution in [0.3, 0.4) is 0 Å². The summed E-state index contributed by atoms with van der Waals surface area (Å²) in [6.07, 6.45) is 15.4. The molecular weight excluding hydrogens is 490 g/mol. The number of carbonyl (C=O) groups is 1. The van der Waals surface area contributed by atoms with Gasteiger partial charge in [0, 0.05) is 23.5 Å². The van der Waals surface area contributed by atoms with E-state index in [1.807, 2.05) is 45.2 Å². The number of nitrogens with zero attached hydrogens (tertiary/aromatic N) is 1. The molecule has 2 bridgehead atoms. The molecule has 0 N–H and O–H groups in total. The number of hydrogen-bond donors (Lipinski definition) is 0. The van der Waals surface area contributed by atoms with Gasteiger partial charge in [-0.05, 0) is 34.3 Å². The minimum absolute atomic E-state index is 0.0246. The average Bonchev–Trinajstić information content (AvgIpc) is 3.58. The van der Waals surface area contributed by atoms with Crippen LogP contribution < -0.4 is 0 Å². The lowest BCUT2D eigenvalue weighted by atomic mass is 9.80. The molecule has 5 rings (SSSR count). The first kappa shape index (κ1) is 27.4. The van der Waals surface area contributed by atoms with Gasteiger partial charge in [0.2, 0.25) is 5.91 Å². The quantitative estimate of drug-likeness (QED) is 0.172. The van der Waals surface area contributed by atoms with E-state index in [-0.39, 0.29) is 18.4 Å². The summed E-state index contributed by atoms with van der Waals surface area (Å²) in [5.74, 6) is 3.29. The summed E-state index contributed by atoms with van der Waals surface area (Å²) < 4.78 is 7.02. The van der Waals surface area contributed by atoms with Crippen molar-refractivity contribution in [3.63, 3.8) is 0 Å². The molecule has 0 radical (unpaired) electrons. The number of allylic oxidation sites excluding steroid dienone is 4. The van der Waals surface area contributed by atoms with Crippen LogP contribution in [0.5, 0.6) is 0 Å². The van der Waals surface area contributed by atoms with E-state index in [0.29, 0.717) is 12.5 Å². The lowest BCUT2D eigenvalue weighted by Gasteiger charge is -2.35. The summed E-state index contributed by atoms with van der Waals surface area (Å²) in [5, 5.41) is 0. The highest BCUT2D eigenvalue weighted by Crippen LogP contribution is 2.48. The molecule has 1 saturated carbocycles. The molecule has 0 aliphatic heterocycles. The van der Waals surface area contributed by atoms with E-state index < -0.39 is 11.0 Å². The predicted octanol–water partition coefficient (Wildman–Crippen LogP) is 7.52. The zero-order valence-corrected chi connectivity index (χ0v) is 23.6. The van der Waals surface area contributed by atoms with Crippen LogP contribution in [-0.2, 0) is 15.1 Å². The van der Waals surface area contributed by atoms with E-state index in [1.165, 1.54) is 5.57 Å². The Morgan fingerprint density at radius 1 is 0.850 bits per heavy atom. The van der Waals surface area contributed by atoms with Gasteiger partial charge in [-0.25, -0.2) is 0 Å². The third kappa shape index (κ3) is 5.33. The van der Waals surface area contributed by atoms with Gasteiger partial charge in [-0.2, -0.15) is 0 Å². The van der Waals surface area contributed by atoms with Crippen molar-refractivity contribution < 1.29 is 9.53 Å². The predicted molar refractivity (Wildman–Crippen MR) is 162 cm³/mol. The molecule has 0 unspecified atom stereocenters. The minimum Gasteiger partial charge on any atom is -0.357 e. The van der Waals surface area contributed by atoms with E-state index in [0.717, 1.165) is 28.7 Å². The Kier molecular flexibility index (Phi) is 7.92. The number of rotatable bonds is 8. The summed E-state index contributed by atoms with van der Waals surface area (Å²) in [4.78, 5) is 14.9. The lowest BCUT2D eigenvalue weighted by molar-refractivity contribution is -0.136. The number of amides is 1. The van der Waals surface area contributed by atoms with Gasteiger partial charge in [0.25, 0.3) is 0 Å². The Labute approximate surface area is 238 Å². The summed E-state index contributed by atoms with van der Waals surface area (Å²) >= 11 is 0. The number of terminal acetylenes is 1. The van der Waals surface area contributed by atoms with Crippen molar-refractivity contribution >= 4 is 5.91 Å². The van der Waals surface area contributed by atoms with Crippen LogP contribution in [0, 0.1) is 29.6 Å². The Morgan fingerprint density at radius 3 is 1.77 bits per heavy atom. The summed E-state index contributed by atoms with van der Waals surface area (Å²) in [6.45, 7) is 6.45. The smallest absolute Gasteiger partial charge is 0.232 e. The number of benzene rings is 3. The van der Waals surface area contributed by atoms with Gasteiger partial charge in [0.15, 0.2) is 0 Å². The van der Waals surface area contributed by atoms with E-state index in [2.05, 4.69) is 96.9 Å². The van der Waals surface area contributed by atoms with E-state index >= 15 is 0 Å². The zero-order chi connectivity index (χ0) is 28.2. The SMILES string of the molecule is C#CCN(/C=C1/C(=C/COC(c2ccccc2)(c2ccccc2)c2ccccc2)[C@@H]2C=C[C@H]1C2)C(=O)C(C)(C)C. The highest BCUT2D eigenvalue weighted by Gasteiger charge is 2.39. The summed E-state index contributed by atoms with van der Waals surface area (Å²) in [7, 11) is 0. The van der Waals surface area contributed by atoms with Gasteiger partial charge >= 0.3 is 0 Å². The number of carbonyl (C=O) groups excluding carboxylic acids is 1. The molecule has 0 heterocycles. The Bertz CT molecular complexity index is 1360. The maximum atomic E-state index is 13.2. The van der Waals surface area contributed by atoms with Crippen LogP contribution in [0.4, 0.5) is 0 Å². The van der Waals surface area contributed by atoms with Gasteiger partial charge in [0.1, 0.15) is 5.60 Å². The Balaban J connectivity index is 1.54. The van der Waals surface area contributed by atoms with Crippen molar-refractivity contribution in [3.05, 3.63) is 143 Å².